The molecule has 144 valence electrons. The molecule has 27 heavy (non-hydrogen) atoms. The molecule has 8 nitrogen and oxygen atoms in total. The van der Waals surface area contributed by atoms with Gasteiger partial charge in [0.1, 0.15) is 5.60 Å². The van der Waals surface area contributed by atoms with Gasteiger partial charge in [0.2, 0.25) is 5.91 Å². The quantitative estimate of drug-likeness (QED) is 0.809. The minimum absolute atomic E-state index is 0.0525. The minimum atomic E-state index is -0.539. The summed E-state index contributed by atoms with van der Waals surface area (Å²) in [7, 11) is 0. The van der Waals surface area contributed by atoms with E-state index in [0.717, 1.165) is 0 Å². The van der Waals surface area contributed by atoms with E-state index in [1.807, 2.05) is 33.8 Å². The summed E-state index contributed by atoms with van der Waals surface area (Å²) in [5.74, 6) is 0.102. The van der Waals surface area contributed by atoms with Gasteiger partial charge in [-0.2, -0.15) is 5.10 Å². The van der Waals surface area contributed by atoms with Crippen molar-refractivity contribution < 1.29 is 14.3 Å². The standard InChI is InChI=1S/C19H25N5O3/c1-13(12-21-18(26)27-19(2,3)4)15-8-9-16(24-23-15)22-17(25)11-14-7-5-6-10-20-14/h5-10,13H,11-12H2,1-4H3,(H,21,26)(H,22,24,25)/t13-/m0/s1. The van der Waals surface area contributed by atoms with Crippen molar-refractivity contribution in [3.63, 3.8) is 0 Å². The van der Waals surface area contributed by atoms with Gasteiger partial charge >= 0.3 is 6.09 Å². The number of nitrogens with one attached hydrogen (secondary N) is 2. The van der Waals surface area contributed by atoms with E-state index in [-0.39, 0.29) is 18.2 Å². The highest BCUT2D eigenvalue weighted by atomic mass is 16.6. The Hall–Kier alpha value is -3.03. The molecule has 0 aliphatic carbocycles. The monoisotopic (exact) mass is 371 g/mol. The van der Waals surface area contributed by atoms with Crippen molar-refractivity contribution in [2.75, 3.05) is 11.9 Å². The predicted molar refractivity (Wildman–Crippen MR) is 101 cm³/mol. The van der Waals surface area contributed by atoms with Crippen molar-refractivity contribution in [1.82, 2.24) is 20.5 Å². The lowest BCUT2D eigenvalue weighted by atomic mass is 10.1. The molecule has 2 aromatic rings. The van der Waals surface area contributed by atoms with Crippen LogP contribution in [0.25, 0.3) is 0 Å². The average molecular weight is 371 g/mol. The number of nitrogens with zero attached hydrogens (tertiary/aromatic N) is 3. The maximum atomic E-state index is 12.0. The van der Waals surface area contributed by atoms with Crippen LogP contribution in [0, 0.1) is 0 Å². The number of carbonyl (C=O) groups excluding carboxylic acids is 2. The molecule has 2 aromatic heterocycles. The van der Waals surface area contributed by atoms with Gasteiger partial charge in [-0.15, -0.1) is 5.10 Å². The van der Waals surface area contributed by atoms with E-state index in [2.05, 4.69) is 25.8 Å². The molecule has 0 aliphatic heterocycles. The first-order valence-electron chi connectivity index (χ1n) is 8.73. The van der Waals surface area contributed by atoms with Crippen LogP contribution in [0.5, 0.6) is 0 Å². The molecule has 0 unspecified atom stereocenters. The predicted octanol–water partition coefficient (Wildman–Crippen LogP) is 2.68. The molecule has 8 heteroatoms. The molecule has 0 aliphatic rings. The zero-order chi connectivity index (χ0) is 19.9. The molecule has 2 amide bonds. The van der Waals surface area contributed by atoms with E-state index in [0.29, 0.717) is 23.8 Å². The van der Waals surface area contributed by atoms with Crippen LogP contribution in [0.2, 0.25) is 0 Å². The van der Waals surface area contributed by atoms with Crippen molar-refractivity contribution in [2.24, 2.45) is 0 Å². The second-order valence-corrected chi connectivity index (χ2v) is 7.17. The fraction of sp³-hybridized carbons (Fsp3) is 0.421. The van der Waals surface area contributed by atoms with Gasteiger partial charge in [0.25, 0.3) is 0 Å². The van der Waals surface area contributed by atoms with Crippen LogP contribution >= 0.6 is 0 Å². The van der Waals surface area contributed by atoms with Gasteiger partial charge < -0.3 is 15.4 Å². The summed E-state index contributed by atoms with van der Waals surface area (Å²) < 4.78 is 5.20. The fourth-order valence-corrected chi connectivity index (χ4v) is 2.18. The molecule has 1 atom stereocenters. The summed E-state index contributed by atoms with van der Waals surface area (Å²) in [6.07, 6.45) is 1.34. The van der Waals surface area contributed by atoms with Gasteiger partial charge in [0, 0.05) is 24.4 Å². The first kappa shape index (κ1) is 20.3. The van der Waals surface area contributed by atoms with Crippen LogP contribution < -0.4 is 10.6 Å². The van der Waals surface area contributed by atoms with Crippen molar-refractivity contribution >= 4 is 17.8 Å². The maximum absolute atomic E-state index is 12.0. The lowest BCUT2D eigenvalue weighted by Crippen LogP contribution is -2.34. The Bertz CT molecular complexity index is 757. The Morgan fingerprint density at radius 3 is 2.52 bits per heavy atom. The number of amides is 2. The Kier molecular flexibility index (Phi) is 6.81. The van der Waals surface area contributed by atoms with Crippen LogP contribution in [0.4, 0.5) is 10.6 Å². The Morgan fingerprint density at radius 2 is 1.93 bits per heavy atom. The van der Waals surface area contributed by atoms with Crippen molar-refractivity contribution in [3.05, 3.63) is 47.9 Å². The molecule has 0 saturated heterocycles. The number of aromatic nitrogens is 3. The zero-order valence-electron chi connectivity index (χ0n) is 16.0. The number of carbonyl (C=O) groups is 2. The molecule has 2 rings (SSSR count). The summed E-state index contributed by atoms with van der Waals surface area (Å²) in [5, 5.41) is 13.5. The Morgan fingerprint density at radius 1 is 1.15 bits per heavy atom. The first-order valence-corrected chi connectivity index (χ1v) is 8.73. The smallest absolute Gasteiger partial charge is 0.407 e. The number of rotatable bonds is 6. The highest BCUT2D eigenvalue weighted by Gasteiger charge is 2.17. The molecule has 0 fully saturated rings. The average Bonchev–Trinajstić information content (AvgIpc) is 2.59. The maximum Gasteiger partial charge on any atom is 0.407 e. The third-order valence-electron chi connectivity index (χ3n) is 3.48. The number of ether oxygens (including phenoxy) is 1. The lowest BCUT2D eigenvalue weighted by molar-refractivity contribution is -0.115. The number of anilines is 1. The highest BCUT2D eigenvalue weighted by Crippen LogP contribution is 2.13. The second kappa shape index (κ2) is 9.07. The largest absolute Gasteiger partial charge is 0.444 e. The van der Waals surface area contributed by atoms with Gasteiger partial charge in [0.15, 0.2) is 5.82 Å². The minimum Gasteiger partial charge on any atom is -0.444 e. The lowest BCUT2D eigenvalue weighted by Gasteiger charge is -2.20. The van der Waals surface area contributed by atoms with E-state index < -0.39 is 11.7 Å². The van der Waals surface area contributed by atoms with Crippen molar-refractivity contribution in [3.8, 4) is 0 Å². The molecule has 0 saturated carbocycles. The number of hydrogen-bond acceptors (Lipinski definition) is 6. The van der Waals surface area contributed by atoms with Crippen LogP contribution in [-0.4, -0.2) is 39.3 Å². The number of hydrogen-bond donors (Lipinski definition) is 2. The second-order valence-electron chi connectivity index (χ2n) is 7.17. The van der Waals surface area contributed by atoms with Crippen LogP contribution in [-0.2, 0) is 16.0 Å². The molecule has 0 aromatic carbocycles. The third-order valence-corrected chi connectivity index (χ3v) is 3.48. The summed E-state index contributed by atoms with van der Waals surface area (Å²) in [6, 6.07) is 8.86. The third kappa shape index (κ3) is 7.39. The van der Waals surface area contributed by atoms with Crippen LogP contribution in [0.15, 0.2) is 36.5 Å². The Labute approximate surface area is 158 Å². The molecule has 0 bridgehead atoms. The molecule has 0 spiro atoms. The van der Waals surface area contributed by atoms with Crippen molar-refractivity contribution in [1.29, 1.82) is 0 Å². The number of pyridine rings is 1. The van der Waals surface area contributed by atoms with Crippen molar-refractivity contribution in [2.45, 2.75) is 45.6 Å². The van der Waals surface area contributed by atoms with Crippen LogP contribution in [0.3, 0.4) is 0 Å². The molecular formula is C19H25N5O3. The Balaban J connectivity index is 1.83. The molecule has 2 heterocycles. The van der Waals surface area contributed by atoms with E-state index in [9.17, 15) is 9.59 Å². The summed E-state index contributed by atoms with van der Waals surface area (Å²) >= 11 is 0. The van der Waals surface area contributed by atoms with E-state index in [1.54, 1.807) is 30.5 Å². The summed E-state index contributed by atoms with van der Waals surface area (Å²) in [5.41, 5.74) is 0.845. The summed E-state index contributed by atoms with van der Waals surface area (Å²) in [4.78, 5) is 27.8. The van der Waals surface area contributed by atoms with Gasteiger partial charge in [-0.25, -0.2) is 4.79 Å². The first-order chi connectivity index (χ1) is 12.7. The topological polar surface area (TPSA) is 106 Å². The van der Waals surface area contributed by atoms with Gasteiger partial charge in [-0.05, 0) is 45.0 Å². The van der Waals surface area contributed by atoms with Crippen LogP contribution in [0.1, 0.15) is 45.0 Å². The van der Waals surface area contributed by atoms with Gasteiger partial charge in [-0.3, -0.25) is 9.78 Å². The zero-order valence-corrected chi connectivity index (χ0v) is 16.0. The molecule has 2 N–H and O–H groups in total. The fourth-order valence-electron chi connectivity index (χ4n) is 2.18. The van der Waals surface area contributed by atoms with E-state index in [4.69, 9.17) is 4.74 Å². The number of alkyl carbamates (subject to hydrolysis) is 1. The van der Waals surface area contributed by atoms with Gasteiger partial charge in [-0.1, -0.05) is 13.0 Å². The van der Waals surface area contributed by atoms with E-state index in [1.165, 1.54) is 0 Å². The van der Waals surface area contributed by atoms with Gasteiger partial charge in [0.05, 0.1) is 12.1 Å². The summed E-state index contributed by atoms with van der Waals surface area (Å²) in [6.45, 7) is 7.71. The SMILES string of the molecule is C[C@@H](CNC(=O)OC(C)(C)C)c1ccc(NC(=O)Cc2ccccn2)nn1. The molecule has 0 radical (unpaired) electrons. The van der Waals surface area contributed by atoms with E-state index >= 15 is 0 Å². The molecular weight excluding hydrogens is 346 g/mol. The highest BCUT2D eigenvalue weighted by molar-refractivity contribution is 5.91. The normalized spacial score (nSPS) is 12.1.